The molecule has 0 aliphatic heterocycles. The average molecular weight is 344 g/mol. The van der Waals surface area contributed by atoms with Crippen LogP contribution in [0.3, 0.4) is 0 Å². The first-order valence-electron chi connectivity index (χ1n) is 6.18. The van der Waals surface area contributed by atoms with Gasteiger partial charge < -0.3 is 5.32 Å². The summed E-state index contributed by atoms with van der Waals surface area (Å²) in [7, 11) is 0. The van der Waals surface area contributed by atoms with Crippen LogP contribution in [-0.2, 0) is 0 Å². The zero-order valence-corrected chi connectivity index (χ0v) is 12.3. The minimum absolute atomic E-state index is 0.133. The van der Waals surface area contributed by atoms with Crippen LogP contribution in [0.4, 0.5) is 18.9 Å². The highest BCUT2D eigenvalue weighted by Crippen LogP contribution is 2.29. The van der Waals surface area contributed by atoms with Gasteiger partial charge in [-0.25, -0.2) is 13.2 Å². The van der Waals surface area contributed by atoms with Crippen molar-refractivity contribution in [1.29, 1.82) is 0 Å². The zero-order valence-electron chi connectivity index (χ0n) is 10.8. The van der Waals surface area contributed by atoms with Gasteiger partial charge in [0, 0.05) is 11.6 Å². The summed E-state index contributed by atoms with van der Waals surface area (Å²) in [4.78, 5) is 0. The standard InChI is InChI=1S/C15H13BrF3N/c1-2-14(9-5-3-4-6-11(9)17)20-15-7-10(16)12(18)8-13(15)19/h3-8,14,20H,2H2,1H3. The van der Waals surface area contributed by atoms with E-state index in [9.17, 15) is 13.2 Å². The third-order valence-corrected chi connectivity index (χ3v) is 3.64. The van der Waals surface area contributed by atoms with Crippen molar-refractivity contribution < 1.29 is 13.2 Å². The van der Waals surface area contributed by atoms with E-state index in [1.807, 2.05) is 6.92 Å². The second-order valence-corrected chi connectivity index (χ2v) is 5.23. The van der Waals surface area contributed by atoms with Crippen molar-refractivity contribution >= 4 is 21.6 Å². The third kappa shape index (κ3) is 3.15. The Hall–Kier alpha value is -1.49. The molecule has 0 spiro atoms. The number of anilines is 1. The van der Waals surface area contributed by atoms with Crippen LogP contribution in [0.2, 0.25) is 0 Å². The third-order valence-electron chi connectivity index (χ3n) is 3.03. The normalized spacial score (nSPS) is 12.2. The molecule has 0 bridgehead atoms. The molecule has 0 fully saturated rings. The molecular weight excluding hydrogens is 331 g/mol. The summed E-state index contributed by atoms with van der Waals surface area (Å²) in [5.74, 6) is -1.74. The number of hydrogen-bond donors (Lipinski definition) is 1. The summed E-state index contributed by atoms with van der Waals surface area (Å²) in [5.41, 5.74) is 0.586. The first kappa shape index (κ1) is 14.9. The molecule has 106 valence electrons. The van der Waals surface area contributed by atoms with Crippen molar-refractivity contribution in [3.63, 3.8) is 0 Å². The van der Waals surface area contributed by atoms with Gasteiger partial charge in [-0.1, -0.05) is 25.1 Å². The Morgan fingerprint density at radius 1 is 1.05 bits per heavy atom. The van der Waals surface area contributed by atoms with Gasteiger partial charge in [0.25, 0.3) is 0 Å². The van der Waals surface area contributed by atoms with E-state index < -0.39 is 11.6 Å². The molecule has 2 aromatic rings. The van der Waals surface area contributed by atoms with Crippen molar-refractivity contribution in [1.82, 2.24) is 0 Å². The first-order valence-corrected chi connectivity index (χ1v) is 6.97. The highest BCUT2D eigenvalue weighted by molar-refractivity contribution is 9.10. The first-order chi connectivity index (χ1) is 9.52. The van der Waals surface area contributed by atoms with E-state index in [0.29, 0.717) is 12.0 Å². The van der Waals surface area contributed by atoms with Gasteiger partial charge in [0.2, 0.25) is 0 Å². The summed E-state index contributed by atoms with van der Waals surface area (Å²) < 4.78 is 40.8. The van der Waals surface area contributed by atoms with Crippen LogP contribution in [0, 0.1) is 17.5 Å². The van der Waals surface area contributed by atoms with Crippen molar-refractivity contribution in [3.05, 3.63) is 63.9 Å². The molecule has 0 aliphatic rings. The topological polar surface area (TPSA) is 12.0 Å². The molecule has 2 aromatic carbocycles. The Labute approximate surface area is 123 Å². The summed E-state index contributed by atoms with van der Waals surface area (Å²) in [5, 5.41) is 2.91. The molecule has 0 aromatic heterocycles. The summed E-state index contributed by atoms with van der Waals surface area (Å²) in [6, 6.07) is 8.04. The second kappa shape index (κ2) is 6.31. The number of nitrogens with one attached hydrogen (secondary N) is 1. The lowest BCUT2D eigenvalue weighted by molar-refractivity contribution is 0.570. The average Bonchev–Trinajstić information content (AvgIpc) is 2.42. The number of benzene rings is 2. The quantitative estimate of drug-likeness (QED) is 0.730. The lowest BCUT2D eigenvalue weighted by Gasteiger charge is -2.20. The lowest BCUT2D eigenvalue weighted by atomic mass is 10.0. The molecule has 0 amide bonds. The predicted octanol–water partition coefficient (Wildman–Crippen LogP) is 5.43. The maximum absolute atomic E-state index is 13.8. The largest absolute Gasteiger partial charge is 0.376 e. The maximum atomic E-state index is 13.8. The van der Waals surface area contributed by atoms with Gasteiger partial charge in [-0.05, 0) is 34.5 Å². The van der Waals surface area contributed by atoms with E-state index in [4.69, 9.17) is 0 Å². The molecule has 2 rings (SSSR count). The Kier molecular flexibility index (Phi) is 4.70. The van der Waals surface area contributed by atoms with Gasteiger partial charge in [-0.3, -0.25) is 0 Å². The molecule has 0 aliphatic carbocycles. The second-order valence-electron chi connectivity index (χ2n) is 4.37. The van der Waals surface area contributed by atoms with Gasteiger partial charge in [0.05, 0.1) is 16.2 Å². The van der Waals surface area contributed by atoms with Crippen molar-refractivity contribution in [3.8, 4) is 0 Å². The predicted molar refractivity (Wildman–Crippen MR) is 77.1 cm³/mol. The van der Waals surface area contributed by atoms with E-state index in [1.165, 1.54) is 12.1 Å². The van der Waals surface area contributed by atoms with E-state index in [0.717, 1.165) is 6.07 Å². The molecule has 0 radical (unpaired) electrons. The van der Waals surface area contributed by atoms with E-state index >= 15 is 0 Å². The molecule has 1 N–H and O–H groups in total. The van der Waals surface area contributed by atoms with Crippen molar-refractivity contribution in [2.75, 3.05) is 5.32 Å². The Morgan fingerprint density at radius 3 is 2.40 bits per heavy atom. The highest BCUT2D eigenvalue weighted by Gasteiger charge is 2.16. The van der Waals surface area contributed by atoms with Gasteiger partial charge in [-0.15, -0.1) is 0 Å². The highest BCUT2D eigenvalue weighted by atomic mass is 79.9. The van der Waals surface area contributed by atoms with E-state index in [-0.39, 0.29) is 22.0 Å². The summed E-state index contributed by atoms with van der Waals surface area (Å²) >= 11 is 3.01. The molecule has 0 saturated heterocycles. The molecule has 5 heteroatoms. The van der Waals surface area contributed by atoms with Gasteiger partial charge in [0.1, 0.15) is 17.5 Å². The van der Waals surface area contributed by atoms with Crippen LogP contribution in [0.1, 0.15) is 24.9 Å². The maximum Gasteiger partial charge on any atom is 0.149 e. The Balaban J connectivity index is 2.32. The van der Waals surface area contributed by atoms with Crippen molar-refractivity contribution in [2.45, 2.75) is 19.4 Å². The zero-order chi connectivity index (χ0) is 14.7. The van der Waals surface area contributed by atoms with Gasteiger partial charge in [-0.2, -0.15) is 0 Å². The lowest BCUT2D eigenvalue weighted by Crippen LogP contribution is -2.12. The number of rotatable bonds is 4. The van der Waals surface area contributed by atoms with Crippen LogP contribution >= 0.6 is 15.9 Å². The number of halogens is 4. The SMILES string of the molecule is CCC(Nc1cc(Br)c(F)cc1F)c1ccccc1F. The smallest absolute Gasteiger partial charge is 0.149 e. The van der Waals surface area contributed by atoms with Crippen LogP contribution in [-0.4, -0.2) is 0 Å². The van der Waals surface area contributed by atoms with Crippen LogP contribution in [0.5, 0.6) is 0 Å². The van der Waals surface area contributed by atoms with Gasteiger partial charge >= 0.3 is 0 Å². The molecule has 0 saturated carbocycles. The Bertz CT molecular complexity index is 616. The monoisotopic (exact) mass is 343 g/mol. The molecule has 1 nitrogen and oxygen atoms in total. The Morgan fingerprint density at radius 2 is 1.75 bits per heavy atom. The van der Waals surface area contributed by atoms with Gasteiger partial charge in [0.15, 0.2) is 0 Å². The summed E-state index contributed by atoms with van der Waals surface area (Å²) in [6.07, 6.45) is 0.565. The fourth-order valence-corrected chi connectivity index (χ4v) is 2.32. The van der Waals surface area contributed by atoms with Crippen LogP contribution < -0.4 is 5.32 Å². The fraction of sp³-hybridized carbons (Fsp3) is 0.200. The molecular formula is C15H13BrF3N. The minimum Gasteiger partial charge on any atom is -0.376 e. The van der Waals surface area contributed by atoms with E-state index in [1.54, 1.807) is 18.2 Å². The molecule has 1 atom stereocenters. The summed E-state index contributed by atoms with van der Waals surface area (Å²) in [6.45, 7) is 1.86. The minimum atomic E-state index is -0.708. The molecule has 20 heavy (non-hydrogen) atoms. The van der Waals surface area contributed by atoms with E-state index in [2.05, 4.69) is 21.2 Å². The van der Waals surface area contributed by atoms with Crippen molar-refractivity contribution in [2.24, 2.45) is 0 Å². The molecule has 1 unspecified atom stereocenters. The van der Waals surface area contributed by atoms with Crippen LogP contribution in [0.25, 0.3) is 0 Å². The van der Waals surface area contributed by atoms with Crippen LogP contribution in [0.15, 0.2) is 40.9 Å². The fourth-order valence-electron chi connectivity index (χ4n) is 1.98. The molecule has 0 heterocycles. The number of hydrogen-bond acceptors (Lipinski definition) is 1.